The Morgan fingerprint density at radius 2 is 1.96 bits per heavy atom. The quantitative estimate of drug-likeness (QED) is 0.744. The third-order valence-electron chi connectivity index (χ3n) is 4.35. The second-order valence-corrected chi connectivity index (χ2v) is 5.83. The van der Waals surface area contributed by atoms with Crippen LogP contribution in [0.2, 0.25) is 0 Å². The molecule has 0 spiro atoms. The number of aromatic nitrogens is 4. The summed E-state index contributed by atoms with van der Waals surface area (Å²) in [6, 6.07) is 13.4. The van der Waals surface area contributed by atoms with Crippen molar-refractivity contribution in [3.63, 3.8) is 0 Å². The third-order valence-corrected chi connectivity index (χ3v) is 4.35. The Balaban J connectivity index is 1.62. The predicted molar refractivity (Wildman–Crippen MR) is 88.6 cm³/mol. The van der Waals surface area contributed by atoms with Gasteiger partial charge in [0.05, 0.1) is 11.7 Å². The molecule has 1 aromatic carbocycles. The second kappa shape index (κ2) is 6.23. The van der Waals surface area contributed by atoms with E-state index >= 15 is 0 Å². The van der Waals surface area contributed by atoms with E-state index in [4.69, 9.17) is 0 Å². The number of amides is 1. The highest BCUT2D eigenvalue weighted by molar-refractivity contribution is 5.95. The van der Waals surface area contributed by atoms with Gasteiger partial charge in [-0.05, 0) is 43.2 Å². The number of benzene rings is 1. The van der Waals surface area contributed by atoms with Crippen molar-refractivity contribution >= 4 is 5.91 Å². The minimum absolute atomic E-state index is 0.0399. The molecule has 1 atom stereocenters. The van der Waals surface area contributed by atoms with Crippen LogP contribution in [0.1, 0.15) is 34.9 Å². The monoisotopic (exact) mass is 319 g/mol. The first-order chi connectivity index (χ1) is 11.8. The Labute approximate surface area is 139 Å². The summed E-state index contributed by atoms with van der Waals surface area (Å²) in [4.78, 5) is 19.4. The lowest BCUT2D eigenvalue weighted by molar-refractivity contribution is 0.0733. The maximum atomic E-state index is 13.0. The molecule has 0 N–H and O–H groups in total. The van der Waals surface area contributed by atoms with Gasteiger partial charge in [0.15, 0.2) is 0 Å². The summed E-state index contributed by atoms with van der Waals surface area (Å²) < 4.78 is 1.79. The van der Waals surface area contributed by atoms with E-state index in [0.29, 0.717) is 5.56 Å². The van der Waals surface area contributed by atoms with Crippen molar-refractivity contribution in [1.82, 2.24) is 24.6 Å². The largest absolute Gasteiger partial charge is 0.330 e. The van der Waals surface area contributed by atoms with Gasteiger partial charge >= 0.3 is 0 Å². The smallest absolute Gasteiger partial charge is 0.254 e. The first kappa shape index (κ1) is 14.6. The summed E-state index contributed by atoms with van der Waals surface area (Å²) in [7, 11) is 0. The van der Waals surface area contributed by atoms with Gasteiger partial charge in [-0.2, -0.15) is 0 Å². The van der Waals surface area contributed by atoms with Crippen molar-refractivity contribution in [2.24, 2.45) is 0 Å². The number of carbonyl (C=O) groups excluding carboxylic acids is 1. The Bertz CT molecular complexity index is 832. The van der Waals surface area contributed by atoms with E-state index < -0.39 is 0 Å². The van der Waals surface area contributed by atoms with Crippen LogP contribution < -0.4 is 0 Å². The summed E-state index contributed by atoms with van der Waals surface area (Å²) in [5.74, 6) is 0.0399. The van der Waals surface area contributed by atoms with Gasteiger partial charge in [-0.25, -0.2) is 0 Å². The summed E-state index contributed by atoms with van der Waals surface area (Å²) in [6.07, 6.45) is 6.97. The maximum Gasteiger partial charge on any atom is 0.254 e. The van der Waals surface area contributed by atoms with E-state index in [-0.39, 0.29) is 11.9 Å². The van der Waals surface area contributed by atoms with Crippen molar-refractivity contribution in [2.45, 2.75) is 18.9 Å². The molecule has 24 heavy (non-hydrogen) atoms. The SMILES string of the molecule is O=C(c1cccc(-n2cnnc2)c1)N1CCC[C@H]1c1ccccn1. The molecule has 3 heterocycles. The lowest BCUT2D eigenvalue weighted by Crippen LogP contribution is -2.31. The third kappa shape index (κ3) is 2.67. The van der Waals surface area contributed by atoms with Crippen molar-refractivity contribution in [1.29, 1.82) is 0 Å². The highest BCUT2D eigenvalue weighted by atomic mass is 16.2. The van der Waals surface area contributed by atoms with Gasteiger partial charge in [0.25, 0.3) is 5.91 Å². The van der Waals surface area contributed by atoms with E-state index in [1.807, 2.05) is 47.4 Å². The second-order valence-electron chi connectivity index (χ2n) is 5.83. The van der Waals surface area contributed by atoms with Gasteiger partial charge in [0.2, 0.25) is 0 Å². The van der Waals surface area contributed by atoms with Crippen molar-refractivity contribution in [2.75, 3.05) is 6.54 Å². The number of hydrogen-bond acceptors (Lipinski definition) is 4. The molecule has 6 nitrogen and oxygen atoms in total. The fraction of sp³-hybridized carbons (Fsp3) is 0.222. The van der Waals surface area contributed by atoms with E-state index in [2.05, 4.69) is 15.2 Å². The van der Waals surface area contributed by atoms with Crippen LogP contribution in [0, 0.1) is 0 Å². The molecule has 120 valence electrons. The summed E-state index contributed by atoms with van der Waals surface area (Å²) in [5.41, 5.74) is 2.50. The number of nitrogens with zero attached hydrogens (tertiary/aromatic N) is 5. The fourth-order valence-corrected chi connectivity index (χ4v) is 3.19. The Morgan fingerprint density at radius 3 is 2.75 bits per heavy atom. The molecule has 1 fully saturated rings. The molecule has 0 bridgehead atoms. The number of likely N-dealkylation sites (tertiary alicyclic amines) is 1. The number of rotatable bonds is 3. The van der Waals surface area contributed by atoms with Gasteiger partial charge in [0, 0.05) is 24.0 Å². The van der Waals surface area contributed by atoms with Gasteiger partial charge in [0.1, 0.15) is 12.7 Å². The highest BCUT2D eigenvalue weighted by Crippen LogP contribution is 2.32. The lowest BCUT2D eigenvalue weighted by atomic mass is 10.1. The summed E-state index contributed by atoms with van der Waals surface area (Å²) in [5, 5.41) is 7.62. The van der Waals surface area contributed by atoms with Crippen molar-refractivity contribution < 1.29 is 4.79 Å². The minimum Gasteiger partial charge on any atom is -0.330 e. The van der Waals surface area contributed by atoms with Crippen LogP contribution in [0.3, 0.4) is 0 Å². The summed E-state index contributed by atoms with van der Waals surface area (Å²) in [6.45, 7) is 0.761. The van der Waals surface area contributed by atoms with Crippen LogP contribution in [-0.2, 0) is 0 Å². The van der Waals surface area contributed by atoms with E-state index in [1.165, 1.54) is 0 Å². The average molecular weight is 319 g/mol. The zero-order chi connectivity index (χ0) is 16.4. The molecule has 0 saturated carbocycles. The molecular weight excluding hydrogens is 302 g/mol. The molecule has 3 aromatic rings. The molecule has 6 heteroatoms. The van der Waals surface area contributed by atoms with Crippen LogP contribution in [-0.4, -0.2) is 37.1 Å². The number of carbonyl (C=O) groups is 1. The Hall–Kier alpha value is -3.02. The highest BCUT2D eigenvalue weighted by Gasteiger charge is 2.31. The summed E-state index contributed by atoms with van der Waals surface area (Å²) >= 11 is 0. The van der Waals surface area contributed by atoms with Crippen LogP contribution in [0.5, 0.6) is 0 Å². The van der Waals surface area contributed by atoms with Crippen LogP contribution >= 0.6 is 0 Å². The van der Waals surface area contributed by atoms with Gasteiger partial charge in [-0.3, -0.25) is 14.3 Å². The molecule has 0 aliphatic carbocycles. The van der Waals surface area contributed by atoms with Crippen LogP contribution in [0.4, 0.5) is 0 Å². The zero-order valence-electron chi connectivity index (χ0n) is 13.1. The number of hydrogen-bond donors (Lipinski definition) is 0. The molecule has 4 rings (SSSR count). The Kier molecular flexibility index (Phi) is 3.78. The van der Waals surface area contributed by atoms with Crippen LogP contribution in [0.15, 0.2) is 61.3 Å². The molecule has 2 aromatic heterocycles. The van der Waals surface area contributed by atoms with E-state index in [9.17, 15) is 4.79 Å². The van der Waals surface area contributed by atoms with Gasteiger partial charge in [-0.15, -0.1) is 10.2 Å². The topological polar surface area (TPSA) is 63.9 Å². The predicted octanol–water partition coefficient (Wildman–Crippen LogP) is 2.64. The molecule has 1 aliphatic rings. The van der Waals surface area contributed by atoms with Gasteiger partial charge < -0.3 is 4.90 Å². The standard InChI is InChI=1S/C18H17N5O/c24-18(14-5-3-6-15(11-14)22-12-20-21-13-22)23-10-4-8-17(23)16-7-1-2-9-19-16/h1-3,5-7,9,11-13,17H,4,8,10H2/t17-/m0/s1. The lowest BCUT2D eigenvalue weighted by Gasteiger charge is -2.24. The maximum absolute atomic E-state index is 13.0. The fourth-order valence-electron chi connectivity index (χ4n) is 3.19. The van der Waals surface area contributed by atoms with Crippen molar-refractivity contribution in [3.8, 4) is 5.69 Å². The molecule has 1 amide bonds. The average Bonchev–Trinajstić information content (AvgIpc) is 3.34. The first-order valence-electron chi connectivity index (χ1n) is 8.00. The molecule has 0 unspecified atom stereocenters. The molecule has 0 radical (unpaired) electrons. The van der Waals surface area contributed by atoms with E-state index in [1.54, 1.807) is 23.4 Å². The minimum atomic E-state index is 0.0399. The normalized spacial score (nSPS) is 17.2. The first-order valence-corrected chi connectivity index (χ1v) is 8.00. The van der Waals surface area contributed by atoms with E-state index in [0.717, 1.165) is 30.8 Å². The Morgan fingerprint density at radius 1 is 1.08 bits per heavy atom. The van der Waals surface area contributed by atoms with Crippen LogP contribution in [0.25, 0.3) is 5.69 Å². The number of pyridine rings is 1. The zero-order valence-corrected chi connectivity index (χ0v) is 13.1. The molecular formula is C18H17N5O. The van der Waals surface area contributed by atoms with Crippen molar-refractivity contribution in [3.05, 3.63) is 72.6 Å². The molecule has 1 aliphatic heterocycles. The van der Waals surface area contributed by atoms with Gasteiger partial charge in [-0.1, -0.05) is 12.1 Å². The molecule has 1 saturated heterocycles.